The van der Waals surface area contributed by atoms with Gasteiger partial charge < -0.3 is 14.9 Å². The van der Waals surface area contributed by atoms with Crippen LogP contribution in [0.3, 0.4) is 0 Å². The maximum absolute atomic E-state index is 13.1. The Bertz CT molecular complexity index is 1100. The summed E-state index contributed by atoms with van der Waals surface area (Å²) in [5.41, 5.74) is 2.17. The number of hydrogen-bond acceptors (Lipinski definition) is 5. The van der Waals surface area contributed by atoms with Gasteiger partial charge in [-0.15, -0.1) is 0 Å². The fourth-order valence-electron chi connectivity index (χ4n) is 5.15. The topological polar surface area (TPSA) is 89.9 Å². The summed E-state index contributed by atoms with van der Waals surface area (Å²) in [7, 11) is -3.85. The minimum Gasteiger partial charge on any atom is -0.478 e. The van der Waals surface area contributed by atoms with E-state index in [4.69, 9.17) is 0 Å². The number of piperidine rings is 2. The molecule has 0 bridgehead atoms. The average molecular weight is 500 g/mol. The number of aromatic carboxylic acids is 1. The quantitative estimate of drug-likeness (QED) is 0.513. The first-order valence-corrected chi connectivity index (χ1v) is 14.3. The van der Waals surface area contributed by atoms with Crippen LogP contribution in [0.25, 0.3) is 0 Å². The first kappa shape index (κ1) is 25.5. The molecule has 0 aromatic heterocycles. The van der Waals surface area contributed by atoms with Gasteiger partial charge >= 0.3 is 5.97 Å². The zero-order valence-corrected chi connectivity index (χ0v) is 21.4. The summed E-state index contributed by atoms with van der Waals surface area (Å²) in [6, 6.07) is 11.5. The molecule has 0 aliphatic carbocycles. The summed E-state index contributed by atoms with van der Waals surface area (Å²) < 4.78 is 28.9. The Hall–Kier alpha value is -2.58. The van der Waals surface area contributed by atoms with Crippen molar-refractivity contribution in [2.45, 2.75) is 56.8 Å². The molecule has 35 heavy (non-hydrogen) atoms. The van der Waals surface area contributed by atoms with E-state index < -0.39 is 16.0 Å². The van der Waals surface area contributed by atoms with Crippen LogP contribution < -0.4 is 9.62 Å². The highest BCUT2D eigenvalue weighted by Gasteiger charge is 2.25. The van der Waals surface area contributed by atoms with Gasteiger partial charge in [-0.25, -0.2) is 13.2 Å². The van der Waals surface area contributed by atoms with Crippen molar-refractivity contribution in [3.05, 3.63) is 53.6 Å². The predicted octanol–water partition coefficient (Wildman–Crippen LogP) is 4.84. The van der Waals surface area contributed by atoms with E-state index in [1.54, 1.807) is 36.4 Å². The van der Waals surface area contributed by atoms with E-state index in [0.717, 1.165) is 43.6 Å². The molecule has 0 saturated carbocycles. The van der Waals surface area contributed by atoms with Gasteiger partial charge in [-0.05, 0) is 100.0 Å². The van der Waals surface area contributed by atoms with Gasteiger partial charge in [0.2, 0.25) is 0 Å². The van der Waals surface area contributed by atoms with Gasteiger partial charge in [0.25, 0.3) is 10.0 Å². The van der Waals surface area contributed by atoms with Crippen molar-refractivity contribution >= 4 is 27.4 Å². The largest absolute Gasteiger partial charge is 0.478 e. The predicted molar refractivity (Wildman–Crippen MR) is 140 cm³/mol. The highest BCUT2D eigenvalue weighted by Crippen LogP contribution is 2.33. The van der Waals surface area contributed by atoms with Gasteiger partial charge in [-0.2, -0.15) is 0 Å². The third-order valence-corrected chi connectivity index (χ3v) is 8.77. The van der Waals surface area contributed by atoms with Crippen LogP contribution in [0.1, 0.15) is 61.4 Å². The molecular weight excluding hydrogens is 462 g/mol. The Morgan fingerprint density at radius 3 is 2.31 bits per heavy atom. The minimum atomic E-state index is -3.85. The van der Waals surface area contributed by atoms with Gasteiger partial charge in [0.15, 0.2) is 0 Å². The molecule has 7 nitrogen and oxygen atoms in total. The standard InChI is InChI=1S/C27H37N3O4S/c1-2-21-6-9-24(10-7-21)35(33,34)28-25-20-23(27(31)32)8-11-26(25)30-18-13-22(14-19-30)12-17-29-15-4-3-5-16-29/h6-11,20,22,28H,2-5,12-19H2,1H3,(H,31,32). The molecule has 2 saturated heterocycles. The maximum atomic E-state index is 13.1. The highest BCUT2D eigenvalue weighted by atomic mass is 32.2. The van der Waals surface area contributed by atoms with Gasteiger partial charge in [0.1, 0.15) is 0 Å². The van der Waals surface area contributed by atoms with Gasteiger partial charge in [0, 0.05) is 13.1 Å². The lowest BCUT2D eigenvalue weighted by Crippen LogP contribution is -2.36. The smallest absolute Gasteiger partial charge is 0.335 e. The molecular formula is C27H37N3O4S. The van der Waals surface area contributed by atoms with Crippen molar-refractivity contribution in [1.29, 1.82) is 0 Å². The van der Waals surface area contributed by atoms with Gasteiger partial charge in [-0.3, -0.25) is 4.72 Å². The van der Waals surface area contributed by atoms with Crippen molar-refractivity contribution in [1.82, 2.24) is 4.90 Å². The van der Waals surface area contributed by atoms with E-state index in [0.29, 0.717) is 11.6 Å². The van der Waals surface area contributed by atoms with Crippen molar-refractivity contribution in [3.8, 4) is 0 Å². The summed E-state index contributed by atoms with van der Waals surface area (Å²) in [6.07, 6.45) is 8.12. The van der Waals surface area contributed by atoms with E-state index in [-0.39, 0.29) is 10.5 Å². The molecule has 2 aliphatic heterocycles. The lowest BCUT2D eigenvalue weighted by atomic mass is 9.92. The number of carboxylic acids is 1. The van der Waals surface area contributed by atoms with Crippen LogP contribution in [-0.2, 0) is 16.4 Å². The fourth-order valence-corrected chi connectivity index (χ4v) is 6.21. The molecule has 2 aromatic carbocycles. The second kappa shape index (κ2) is 11.4. The monoisotopic (exact) mass is 499 g/mol. The van der Waals surface area contributed by atoms with E-state index >= 15 is 0 Å². The molecule has 2 heterocycles. The van der Waals surface area contributed by atoms with E-state index in [9.17, 15) is 18.3 Å². The number of hydrogen-bond donors (Lipinski definition) is 2. The third-order valence-electron chi connectivity index (χ3n) is 7.39. The van der Waals surface area contributed by atoms with Crippen LogP contribution in [0, 0.1) is 5.92 Å². The molecule has 2 aliphatic rings. The number of sulfonamides is 1. The number of benzene rings is 2. The van der Waals surface area contributed by atoms with Crippen LogP contribution in [-0.4, -0.2) is 57.1 Å². The van der Waals surface area contributed by atoms with Crippen molar-refractivity contribution in [2.24, 2.45) is 5.92 Å². The second-order valence-corrected chi connectivity index (χ2v) is 11.4. The highest BCUT2D eigenvalue weighted by molar-refractivity contribution is 7.92. The van der Waals surface area contributed by atoms with Crippen molar-refractivity contribution in [3.63, 3.8) is 0 Å². The Kier molecular flexibility index (Phi) is 8.34. The number of carbonyl (C=O) groups is 1. The Balaban J connectivity index is 1.46. The van der Waals surface area contributed by atoms with Crippen LogP contribution in [0.2, 0.25) is 0 Å². The number of aryl methyl sites for hydroxylation is 1. The minimum absolute atomic E-state index is 0.0594. The average Bonchev–Trinajstić information content (AvgIpc) is 2.88. The zero-order valence-electron chi connectivity index (χ0n) is 20.6. The van der Waals surface area contributed by atoms with Crippen molar-refractivity contribution in [2.75, 3.05) is 42.3 Å². The van der Waals surface area contributed by atoms with Crippen LogP contribution in [0.5, 0.6) is 0 Å². The first-order valence-electron chi connectivity index (χ1n) is 12.8. The summed E-state index contributed by atoms with van der Waals surface area (Å²) >= 11 is 0. The molecule has 0 spiro atoms. The lowest BCUT2D eigenvalue weighted by Gasteiger charge is -2.36. The van der Waals surface area contributed by atoms with E-state index in [1.807, 2.05) is 6.92 Å². The first-order chi connectivity index (χ1) is 16.9. The van der Waals surface area contributed by atoms with Gasteiger partial charge in [-0.1, -0.05) is 25.5 Å². The van der Waals surface area contributed by atoms with Crippen LogP contribution >= 0.6 is 0 Å². The molecule has 4 rings (SSSR count). The molecule has 2 aromatic rings. The molecule has 0 amide bonds. The molecule has 2 fully saturated rings. The SMILES string of the molecule is CCc1ccc(S(=O)(=O)Nc2cc(C(=O)O)ccc2N2CCC(CCN3CCCCC3)CC2)cc1. The lowest BCUT2D eigenvalue weighted by molar-refractivity contribution is 0.0697. The molecule has 190 valence electrons. The number of nitrogens with zero attached hydrogens (tertiary/aromatic N) is 2. The molecule has 0 unspecified atom stereocenters. The van der Waals surface area contributed by atoms with Crippen LogP contribution in [0.15, 0.2) is 47.4 Å². The van der Waals surface area contributed by atoms with E-state index in [2.05, 4.69) is 14.5 Å². The third kappa shape index (κ3) is 6.55. The number of nitrogens with one attached hydrogen (secondary N) is 1. The summed E-state index contributed by atoms with van der Waals surface area (Å²) in [5.74, 6) is -0.413. The second-order valence-electron chi connectivity index (χ2n) is 9.76. The molecule has 0 radical (unpaired) electrons. The normalized spacial score (nSPS) is 17.9. The zero-order chi connectivity index (χ0) is 24.8. The summed E-state index contributed by atoms with van der Waals surface area (Å²) in [4.78, 5) is 16.5. The fraction of sp³-hybridized carbons (Fsp3) is 0.519. The Morgan fingerprint density at radius 1 is 1.00 bits per heavy atom. The number of carboxylic acid groups (broad SMARTS) is 1. The molecule has 8 heteroatoms. The van der Waals surface area contributed by atoms with Gasteiger partial charge in [0.05, 0.1) is 21.8 Å². The molecule has 2 N–H and O–H groups in total. The summed E-state index contributed by atoms with van der Waals surface area (Å²) in [5, 5.41) is 9.49. The summed E-state index contributed by atoms with van der Waals surface area (Å²) in [6.45, 7) is 7.29. The van der Waals surface area contributed by atoms with Crippen LogP contribution in [0.4, 0.5) is 11.4 Å². The Morgan fingerprint density at radius 2 is 1.69 bits per heavy atom. The number of rotatable bonds is 9. The maximum Gasteiger partial charge on any atom is 0.335 e. The number of likely N-dealkylation sites (tertiary alicyclic amines) is 1. The molecule has 0 atom stereocenters. The Labute approximate surface area is 209 Å². The van der Waals surface area contributed by atoms with Crippen molar-refractivity contribution < 1.29 is 18.3 Å². The number of anilines is 2. The van der Waals surface area contributed by atoms with E-state index in [1.165, 1.54) is 51.4 Å².